The Morgan fingerprint density at radius 3 is 2.68 bits per heavy atom. The monoisotopic (exact) mass is 441 g/mol. The van der Waals surface area contributed by atoms with Crippen LogP contribution in [0.2, 0.25) is 5.02 Å². The second kappa shape index (κ2) is 9.22. The summed E-state index contributed by atoms with van der Waals surface area (Å²) in [6, 6.07) is 12.4. The van der Waals surface area contributed by atoms with E-state index in [9.17, 15) is 14.4 Å². The average Bonchev–Trinajstić information content (AvgIpc) is 3.25. The van der Waals surface area contributed by atoms with Gasteiger partial charge in [-0.1, -0.05) is 41.9 Å². The van der Waals surface area contributed by atoms with E-state index >= 15 is 0 Å². The van der Waals surface area contributed by atoms with E-state index in [2.05, 4.69) is 5.32 Å². The van der Waals surface area contributed by atoms with E-state index in [1.807, 2.05) is 30.3 Å². The van der Waals surface area contributed by atoms with Gasteiger partial charge in [0.05, 0.1) is 11.4 Å². The number of esters is 1. The molecule has 0 saturated carbocycles. The highest BCUT2D eigenvalue weighted by atomic mass is 35.5. The van der Waals surface area contributed by atoms with Gasteiger partial charge in [0.1, 0.15) is 12.2 Å². The van der Waals surface area contributed by atoms with Crippen molar-refractivity contribution in [3.05, 3.63) is 74.6 Å². The molecule has 1 heterocycles. The summed E-state index contributed by atoms with van der Waals surface area (Å²) in [6.45, 7) is 0.180. The third-order valence-electron chi connectivity index (χ3n) is 5.06. The standard InChI is InChI=1S/C23H20ClNO6/c24-18-11-17-15-7-4-8-16(15)22(27)31-19(17)12-20(18)30-21(26)9-10-25-23(28)29-13-14-5-2-1-3-6-14/h1-3,5-6,11-12H,4,7-10,13H2,(H,25,28). The molecule has 1 amide bonds. The van der Waals surface area contributed by atoms with Crippen molar-refractivity contribution >= 4 is 34.6 Å². The van der Waals surface area contributed by atoms with E-state index < -0.39 is 12.1 Å². The number of aryl methyl sites for hydroxylation is 1. The summed E-state index contributed by atoms with van der Waals surface area (Å²) in [6.07, 6.45) is 1.68. The molecule has 4 rings (SSSR count). The zero-order valence-electron chi connectivity index (χ0n) is 16.6. The van der Waals surface area contributed by atoms with Crippen molar-refractivity contribution in [2.24, 2.45) is 0 Å². The summed E-state index contributed by atoms with van der Waals surface area (Å²) < 4.78 is 15.8. The SMILES string of the molecule is O=C(CCNC(=O)OCc1ccccc1)Oc1cc2oc(=O)c3c(c2cc1Cl)CCC3. The summed E-state index contributed by atoms with van der Waals surface area (Å²) in [5.74, 6) is -0.486. The van der Waals surface area contributed by atoms with E-state index in [0.717, 1.165) is 29.4 Å². The van der Waals surface area contributed by atoms with Crippen LogP contribution in [0.4, 0.5) is 4.79 Å². The summed E-state index contributed by atoms with van der Waals surface area (Å²) >= 11 is 6.29. The lowest BCUT2D eigenvalue weighted by atomic mass is 10.1. The molecular formula is C23H20ClNO6. The maximum absolute atomic E-state index is 12.2. The molecule has 1 aliphatic rings. The van der Waals surface area contributed by atoms with E-state index in [1.54, 1.807) is 6.07 Å². The number of ether oxygens (including phenoxy) is 2. The van der Waals surface area contributed by atoms with Crippen molar-refractivity contribution in [3.8, 4) is 5.75 Å². The molecule has 0 unspecified atom stereocenters. The summed E-state index contributed by atoms with van der Waals surface area (Å²) in [7, 11) is 0. The fourth-order valence-corrected chi connectivity index (χ4v) is 3.78. The molecule has 0 spiro atoms. The molecule has 3 aromatic rings. The van der Waals surface area contributed by atoms with Gasteiger partial charge in [-0.25, -0.2) is 9.59 Å². The molecule has 31 heavy (non-hydrogen) atoms. The predicted octanol–water partition coefficient (Wildman–Crippen LogP) is 4.16. The van der Waals surface area contributed by atoms with E-state index in [-0.39, 0.29) is 36.0 Å². The molecule has 0 radical (unpaired) electrons. The molecule has 7 nitrogen and oxygen atoms in total. The molecule has 1 aromatic heterocycles. The van der Waals surface area contributed by atoms with Gasteiger partial charge in [0.15, 0.2) is 5.75 Å². The highest BCUT2D eigenvalue weighted by molar-refractivity contribution is 6.33. The first kappa shape index (κ1) is 20.9. The van der Waals surface area contributed by atoms with Crippen LogP contribution < -0.4 is 15.7 Å². The van der Waals surface area contributed by atoms with Crippen molar-refractivity contribution in [3.63, 3.8) is 0 Å². The van der Waals surface area contributed by atoms with Gasteiger partial charge in [-0.2, -0.15) is 0 Å². The average molecular weight is 442 g/mol. The fraction of sp³-hybridized carbons (Fsp3) is 0.261. The minimum absolute atomic E-state index is 0.0419. The number of hydrogen-bond acceptors (Lipinski definition) is 6. The number of fused-ring (bicyclic) bond motifs is 3. The van der Waals surface area contributed by atoms with Gasteiger partial charge in [0.25, 0.3) is 0 Å². The maximum Gasteiger partial charge on any atom is 0.407 e. The number of carbonyl (C=O) groups is 2. The van der Waals surface area contributed by atoms with Crippen molar-refractivity contribution in [1.82, 2.24) is 5.32 Å². The molecule has 2 aromatic carbocycles. The molecule has 0 saturated heterocycles. The number of hydrogen-bond donors (Lipinski definition) is 1. The van der Waals surface area contributed by atoms with Crippen LogP contribution in [0.15, 0.2) is 51.7 Å². The smallest absolute Gasteiger partial charge is 0.407 e. The van der Waals surface area contributed by atoms with E-state index in [0.29, 0.717) is 17.6 Å². The molecule has 0 atom stereocenters. The molecule has 1 N–H and O–H groups in total. The Morgan fingerprint density at radius 2 is 1.87 bits per heavy atom. The molecule has 0 fully saturated rings. The van der Waals surface area contributed by atoms with Crippen LogP contribution in [0, 0.1) is 0 Å². The van der Waals surface area contributed by atoms with Crippen molar-refractivity contribution < 1.29 is 23.5 Å². The number of rotatable bonds is 6. The van der Waals surface area contributed by atoms with Gasteiger partial charge >= 0.3 is 17.7 Å². The Hall–Kier alpha value is -3.32. The molecule has 1 aliphatic carbocycles. The van der Waals surface area contributed by atoms with E-state index in [1.165, 1.54) is 6.07 Å². The first-order chi connectivity index (χ1) is 15.0. The van der Waals surface area contributed by atoms with Crippen LogP contribution >= 0.6 is 11.6 Å². The third kappa shape index (κ3) is 4.88. The second-order valence-corrected chi connectivity index (χ2v) is 7.60. The second-order valence-electron chi connectivity index (χ2n) is 7.19. The molecule has 160 valence electrons. The highest BCUT2D eigenvalue weighted by Gasteiger charge is 2.21. The van der Waals surface area contributed by atoms with Crippen molar-refractivity contribution in [2.45, 2.75) is 32.3 Å². The van der Waals surface area contributed by atoms with Gasteiger partial charge < -0.3 is 19.2 Å². The normalized spacial score (nSPS) is 12.4. The van der Waals surface area contributed by atoms with Crippen LogP contribution in [0.5, 0.6) is 5.75 Å². The number of benzene rings is 2. The van der Waals surface area contributed by atoms with Crippen LogP contribution in [0.1, 0.15) is 29.5 Å². The Morgan fingerprint density at radius 1 is 1.10 bits per heavy atom. The maximum atomic E-state index is 12.2. The largest absolute Gasteiger partial charge is 0.445 e. The Kier molecular flexibility index (Phi) is 6.23. The number of nitrogens with one attached hydrogen (secondary N) is 1. The first-order valence-electron chi connectivity index (χ1n) is 9.94. The summed E-state index contributed by atoms with van der Waals surface area (Å²) in [4.78, 5) is 36.0. The Balaban J connectivity index is 1.32. The molecule has 8 heteroatoms. The number of amides is 1. The van der Waals surface area contributed by atoms with Gasteiger partial charge in [0.2, 0.25) is 0 Å². The van der Waals surface area contributed by atoms with E-state index in [4.69, 9.17) is 25.5 Å². The van der Waals surface area contributed by atoms with Gasteiger partial charge in [-0.3, -0.25) is 4.79 Å². The van der Waals surface area contributed by atoms with Gasteiger partial charge in [-0.15, -0.1) is 0 Å². The number of carbonyl (C=O) groups excluding carboxylic acids is 2. The van der Waals surface area contributed by atoms with Crippen molar-refractivity contribution in [1.29, 1.82) is 0 Å². The van der Waals surface area contributed by atoms with Crippen LogP contribution in [0.25, 0.3) is 11.0 Å². The minimum atomic E-state index is -0.629. The fourth-order valence-electron chi connectivity index (χ4n) is 3.58. The Bertz CT molecular complexity index is 1190. The summed E-state index contributed by atoms with van der Waals surface area (Å²) in [5, 5.41) is 3.51. The lowest BCUT2D eigenvalue weighted by Gasteiger charge is -2.10. The highest BCUT2D eigenvalue weighted by Crippen LogP contribution is 2.34. The van der Waals surface area contributed by atoms with Crippen LogP contribution in [-0.4, -0.2) is 18.6 Å². The van der Waals surface area contributed by atoms with Crippen LogP contribution in [0.3, 0.4) is 0 Å². The van der Waals surface area contributed by atoms with Crippen LogP contribution in [-0.2, 0) is 29.0 Å². The summed E-state index contributed by atoms with van der Waals surface area (Å²) in [5.41, 5.74) is 2.47. The molecule has 0 aliphatic heterocycles. The van der Waals surface area contributed by atoms with Crippen molar-refractivity contribution in [2.75, 3.05) is 6.54 Å². The minimum Gasteiger partial charge on any atom is -0.445 e. The first-order valence-corrected chi connectivity index (χ1v) is 10.3. The zero-order chi connectivity index (χ0) is 21.8. The Labute approximate surface area is 182 Å². The van der Waals surface area contributed by atoms with Gasteiger partial charge in [0, 0.05) is 23.6 Å². The lowest BCUT2D eigenvalue weighted by Crippen LogP contribution is -2.27. The predicted molar refractivity (Wildman–Crippen MR) is 114 cm³/mol. The number of halogens is 1. The molecule has 0 bridgehead atoms. The topological polar surface area (TPSA) is 94.8 Å². The number of alkyl carbamates (subject to hydrolysis) is 1. The lowest BCUT2D eigenvalue weighted by molar-refractivity contribution is -0.134. The molecular weight excluding hydrogens is 422 g/mol. The zero-order valence-corrected chi connectivity index (χ0v) is 17.4. The van der Waals surface area contributed by atoms with Gasteiger partial charge in [-0.05, 0) is 36.5 Å². The third-order valence-corrected chi connectivity index (χ3v) is 5.36. The quantitative estimate of drug-likeness (QED) is 0.350.